The molecule has 1 amide bonds. The van der Waals surface area contributed by atoms with Crippen molar-refractivity contribution in [3.05, 3.63) is 54.1 Å². The first-order chi connectivity index (χ1) is 12.3. The fourth-order valence-corrected chi connectivity index (χ4v) is 2.22. The summed E-state index contributed by atoms with van der Waals surface area (Å²) < 4.78 is 5.22. The first-order valence-corrected chi connectivity index (χ1v) is 9.02. The number of carbonyl (C=O) groups is 2. The lowest BCUT2D eigenvalue weighted by molar-refractivity contribution is 0.0635. The minimum absolute atomic E-state index is 0.137. The van der Waals surface area contributed by atoms with Crippen molar-refractivity contribution in [1.82, 2.24) is 0 Å². The highest BCUT2D eigenvalue weighted by Gasteiger charge is 2.16. The van der Waals surface area contributed by atoms with Crippen molar-refractivity contribution >= 4 is 17.6 Å². The molecule has 2 rings (SSSR count). The summed E-state index contributed by atoms with van der Waals surface area (Å²) in [7, 11) is 0. The molecule has 4 nitrogen and oxygen atoms in total. The molecule has 0 atom stereocenters. The third kappa shape index (κ3) is 6.71. The lowest BCUT2D eigenvalue weighted by atomic mass is 10.0. The van der Waals surface area contributed by atoms with E-state index in [1.54, 1.807) is 0 Å². The summed E-state index contributed by atoms with van der Waals surface area (Å²) in [5.74, 6) is 0.137. The Bertz CT molecular complexity index is 711. The van der Waals surface area contributed by atoms with E-state index in [2.05, 4.69) is 5.32 Å². The molecule has 0 saturated heterocycles. The summed E-state index contributed by atoms with van der Waals surface area (Å²) >= 11 is 0. The highest BCUT2D eigenvalue weighted by atomic mass is 16.6. The maximum atomic E-state index is 11.7. The van der Waals surface area contributed by atoms with E-state index in [0.29, 0.717) is 12.1 Å². The molecule has 0 bridgehead atoms. The number of carbonyl (C=O) groups excluding carboxylic acids is 2. The summed E-state index contributed by atoms with van der Waals surface area (Å²) in [5, 5.41) is 2.70. The van der Waals surface area contributed by atoms with Crippen LogP contribution in [0.15, 0.2) is 48.5 Å². The third-order valence-corrected chi connectivity index (χ3v) is 3.39. The summed E-state index contributed by atoms with van der Waals surface area (Å²) in [4.78, 5) is 23.4. The van der Waals surface area contributed by atoms with Gasteiger partial charge in [-0.2, -0.15) is 0 Å². The molecular weight excluding hydrogens is 326 g/mol. The highest BCUT2D eigenvalue weighted by molar-refractivity contribution is 5.96. The van der Waals surface area contributed by atoms with Crippen LogP contribution in [0.3, 0.4) is 0 Å². The monoisotopic (exact) mass is 355 g/mol. The maximum absolute atomic E-state index is 11.7. The van der Waals surface area contributed by atoms with Crippen LogP contribution in [0.25, 0.3) is 11.1 Å². The maximum Gasteiger partial charge on any atom is 0.412 e. The zero-order chi connectivity index (χ0) is 19.7. The Kier molecular flexibility index (Phi) is 8.04. The predicted octanol–water partition coefficient (Wildman–Crippen LogP) is 6.32. The van der Waals surface area contributed by atoms with Crippen LogP contribution in [0.4, 0.5) is 10.5 Å². The Hall–Kier alpha value is -2.62. The minimum Gasteiger partial charge on any atom is -0.444 e. The number of ether oxygens (including phenoxy) is 1. The van der Waals surface area contributed by atoms with Gasteiger partial charge >= 0.3 is 6.09 Å². The third-order valence-electron chi connectivity index (χ3n) is 3.39. The number of amides is 1. The van der Waals surface area contributed by atoms with Gasteiger partial charge < -0.3 is 4.74 Å². The Labute approximate surface area is 156 Å². The normalized spacial score (nSPS) is 10.4. The van der Waals surface area contributed by atoms with Crippen molar-refractivity contribution in [3.63, 3.8) is 0 Å². The fourth-order valence-electron chi connectivity index (χ4n) is 2.22. The molecule has 0 fully saturated rings. The zero-order valence-corrected chi connectivity index (χ0v) is 16.6. The second kappa shape index (κ2) is 9.76. The van der Waals surface area contributed by atoms with Gasteiger partial charge in [-0.25, -0.2) is 4.79 Å². The van der Waals surface area contributed by atoms with E-state index >= 15 is 0 Å². The molecule has 2 aromatic rings. The summed E-state index contributed by atoms with van der Waals surface area (Å²) in [6.45, 7) is 11.3. The van der Waals surface area contributed by atoms with E-state index in [1.807, 2.05) is 90.1 Å². The van der Waals surface area contributed by atoms with Crippen molar-refractivity contribution < 1.29 is 14.3 Å². The Morgan fingerprint density at radius 1 is 0.885 bits per heavy atom. The van der Waals surface area contributed by atoms with Crippen LogP contribution in [-0.2, 0) is 4.74 Å². The van der Waals surface area contributed by atoms with Crippen molar-refractivity contribution in [2.45, 2.75) is 53.6 Å². The SMILES string of the molecule is CC.CCC(=O)c1ccc(-c2ccc(NC(=O)OC(C)(C)C)cc2)cc1. The van der Waals surface area contributed by atoms with Gasteiger partial charge in [-0.05, 0) is 44.0 Å². The molecule has 0 radical (unpaired) electrons. The van der Waals surface area contributed by atoms with Gasteiger partial charge in [-0.1, -0.05) is 57.2 Å². The number of anilines is 1. The van der Waals surface area contributed by atoms with Gasteiger partial charge in [0.15, 0.2) is 5.78 Å². The molecule has 1 N–H and O–H groups in total. The molecule has 26 heavy (non-hydrogen) atoms. The largest absolute Gasteiger partial charge is 0.444 e. The smallest absolute Gasteiger partial charge is 0.412 e. The van der Waals surface area contributed by atoms with E-state index in [9.17, 15) is 9.59 Å². The molecular formula is C22H29NO3. The van der Waals surface area contributed by atoms with E-state index in [4.69, 9.17) is 4.74 Å². The van der Waals surface area contributed by atoms with Gasteiger partial charge in [0.25, 0.3) is 0 Å². The van der Waals surface area contributed by atoms with E-state index in [-0.39, 0.29) is 5.78 Å². The molecule has 0 aliphatic heterocycles. The molecule has 4 heteroatoms. The quantitative estimate of drug-likeness (QED) is 0.653. The Balaban J connectivity index is 0.00000163. The summed E-state index contributed by atoms with van der Waals surface area (Å²) in [6.07, 6.45) is 0.0300. The van der Waals surface area contributed by atoms with Gasteiger partial charge in [0, 0.05) is 17.7 Å². The first-order valence-electron chi connectivity index (χ1n) is 9.02. The van der Waals surface area contributed by atoms with Crippen LogP contribution >= 0.6 is 0 Å². The van der Waals surface area contributed by atoms with Crippen molar-refractivity contribution in [2.24, 2.45) is 0 Å². The molecule has 0 aliphatic rings. The Morgan fingerprint density at radius 3 is 1.77 bits per heavy atom. The van der Waals surface area contributed by atoms with Crippen LogP contribution in [0.2, 0.25) is 0 Å². The topological polar surface area (TPSA) is 55.4 Å². The van der Waals surface area contributed by atoms with E-state index in [0.717, 1.165) is 16.7 Å². The molecule has 0 unspecified atom stereocenters. The molecule has 0 aliphatic carbocycles. The van der Waals surface area contributed by atoms with Crippen LogP contribution in [0, 0.1) is 0 Å². The molecule has 140 valence electrons. The average Bonchev–Trinajstić information content (AvgIpc) is 2.62. The average molecular weight is 355 g/mol. The van der Waals surface area contributed by atoms with Gasteiger partial charge in [-0.15, -0.1) is 0 Å². The second-order valence-electron chi connectivity index (χ2n) is 6.56. The van der Waals surface area contributed by atoms with Gasteiger partial charge in [0.2, 0.25) is 0 Å². The molecule has 0 heterocycles. The van der Waals surface area contributed by atoms with Crippen LogP contribution in [0.1, 0.15) is 58.3 Å². The van der Waals surface area contributed by atoms with Crippen molar-refractivity contribution in [1.29, 1.82) is 0 Å². The van der Waals surface area contributed by atoms with Crippen LogP contribution in [-0.4, -0.2) is 17.5 Å². The van der Waals surface area contributed by atoms with Gasteiger partial charge in [0.05, 0.1) is 0 Å². The lowest BCUT2D eigenvalue weighted by Crippen LogP contribution is -2.27. The summed E-state index contributed by atoms with van der Waals surface area (Å²) in [5.41, 5.74) is 2.91. The van der Waals surface area contributed by atoms with E-state index < -0.39 is 11.7 Å². The fraction of sp³-hybridized carbons (Fsp3) is 0.364. The van der Waals surface area contributed by atoms with Crippen molar-refractivity contribution in [3.8, 4) is 11.1 Å². The number of benzene rings is 2. The number of ketones is 1. The standard InChI is InChI=1S/C20H23NO3.C2H6/c1-5-18(22)16-8-6-14(7-9-16)15-10-12-17(13-11-15)21-19(23)24-20(2,3)4;1-2/h6-13H,5H2,1-4H3,(H,21,23);1-2H3. The number of Topliss-reactive ketones (excluding diaryl/α,β-unsaturated/α-hetero) is 1. The second-order valence-corrected chi connectivity index (χ2v) is 6.56. The van der Waals surface area contributed by atoms with E-state index in [1.165, 1.54) is 0 Å². The summed E-state index contributed by atoms with van der Waals surface area (Å²) in [6, 6.07) is 15.0. The van der Waals surface area contributed by atoms with Crippen LogP contribution < -0.4 is 5.32 Å². The molecule has 0 aromatic heterocycles. The molecule has 0 saturated carbocycles. The number of rotatable bonds is 4. The lowest BCUT2D eigenvalue weighted by Gasteiger charge is -2.19. The molecule has 2 aromatic carbocycles. The zero-order valence-electron chi connectivity index (χ0n) is 16.6. The number of hydrogen-bond donors (Lipinski definition) is 1. The minimum atomic E-state index is -0.526. The number of nitrogens with one attached hydrogen (secondary N) is 1. The van der Waals surface area contributed by atoms with Crippen LogP contribution in [0.5, 0.6) is 0 Å². The highest BCUT2D eigenvalue weighted by Crippen LogP contribution is 2.22. The first kappa shape index (κ1) is 21.4. The van der Waals surface area contributed by atoms with Gasteiger partial charge in [-0.3, -0.25) is 10.1 Å². The predicted molar refractivity (Wildman–Crippen MR) is 108 cm³/mol. The Morgan fingerprint density at radius 2 is 1.35 bits per heavy atom. The number of hydrogen-bond acceptors (Lipinski definition) is 3. The van der Waals surface area contributed by atoms with Crippen molar-refractivity contribution in [2.75, 3.05) is 5.32 Å². The van der Waals surface area contributed by atoms with Gasteiger partial charge in [0.1, 0.15) is 5.60 Å². The molecule has 0 spiro atoms.